The Labute approximate surface area is 207 Å². The normalized spacial score (nSPS) is 16.1. The van der Waals surface area contributed by atoms with Gasteiger partial charge in [-0.05, 0) is 36.8 Å². The van der Waals surface area contributed by atoms with Crippen molar-refractivity contribution >= 4 is 31.4 Å². The lowest BCUT2D eigenvalue weighted by Crippen LogP contribution is -2.44. The van der Waals surface area contributed by atoms with Gasteiger partial charge in [0.15, 0.2) is 0 Å². The standard InChI is InChI=1S/C22H24F2N4O6S2/c1-33-19-8-5-4-7-16(19)20-25-21(34-26-20)15-9-10-17(27-12-6-11-22(23,24)14-27)18(13-15)28(35(2,29)30)36(3,31)32/h4-5,7-10,13H,6,11-12,14H2,1-3H3. The van der Waals surface area contributed by atoms with Crippen molar-refractivity contribution in [3.63, 3.8) is 0 Å². The van der Waals surface area contributed by atoms with Crippen molar-refractivity contribution in [2.45, 2.75) is 18.8 Å². The summed E-state index contributed by atoms with van der Waals surface area (Å²) in [6, 6.07) is 11.0. The fraction of sp³-hybridized carbons (Fsp3) is 0.364. The maximum Gasteiger partial charge on any atom is 0.265 e. The number of para-hydroxylation sites is 1. The van der Waals surface area contributed by atoms with Crippen LogP contribution in [0.1, 0.15) is 12.8 Å². The minimum atomic E-state index is -4.36. The maximum absolute atomic E-state index is 14.2. The van der Waals surface area contributed by atoms with Gasteiger partial charge < -0.3 is 14.2 Å². The van der Waals surface area contributed by atoms with Crippen molar-refractivity contribution in [2.24, 2.45) is 0 Å². The summed E-state index contributed by atoms with van der Waals surface area (Å²) in [6.45, 7) is -0.485. The minimum Gasteiger partial charge on any atom is -0.496 e. The largest absolute Gasteiger partial charge is 0.496 e. The van der Waals surface area contributed by atoms with E-state index in [1.165, 1.54) is 30.2 Å². The number of rotatable bonds is 7. The van der Waals surface area contributed by atoms with Gasteiger partial charge >= 0.3 is 0 Å². The van der Waals surface area contributed by atoms with Crippen molar-refractivity contribution < 1.29 is 34.9 Å². The van der Waals surface area contributed by atoms with Crippen LogP contribution in [-0.2, 0) is 20.0 Å². The molecule has 194 valence electrons. The first-order valence-corrected chi connectivity index (χ1v) is 14.4. The fourth-order valence-electron chi connectivity index (χ4n) is 4.12. The summed E-state index contributed by atoms with van der Waals surface area (Å²) in [7, 11) is -7.24. The van der Waals surface area contributed by atoms with Crippen LogP contribution in [0.2, 0.25) is 0 Å². The summed E-state index contributed by atoms with van der Waals surface area (Å²) in [5, 5.41) is 3.95. The Kier molecular flexibility index (Phi) is 6.68. The number of ether oxygens (including phenoxy) is 1. The van der Waals surface area contributed by atoms with Gasteiger partial charge in [-0.2, -0.15) is 8.69 Å². The zero-order chi connectivity index (χ0) is 26.3. The summed E-state index contributed by atoms with van der Waals surface area (Å²) < 4.78 is 89.5. The highest BCUT2D eigenvalue weighted by Crippen LogP contribution is 2.40. The average molecular weight is 543 g/mol. The highest BCUT2D eigenvalue weighted by Gasteiger charge is 2.38. The van der Waals surface area contributed by atoms with Gasteiger partial charge in [-0.25, -0.2) is 25.6 Å². The van der Waals surface area contributed by atoms with Crippen LogP contribution in [-0.4, -0.2) is 65.6 Å². The number of piperidine rings is 1. The molecule has 36 heavy (non-hydrogen) atoms. The summed E-state index contributed by atoms with van der Waals surface area (Å²) in [5.41, 5.74) is 0.449. The molecular weight excluding hydrogens is 518 g/mol. The van der Waals surface area contributed by atoms with E-state index in [9.17, 15) is 25.6 Å². The zero-order valence-corrected chi connectivity index (χ0v) is 21.3. The molecule has 0 N–H and O–H groups in total. The second-order valence-corrected chi connectivity index (χ2v) is 12.3. The molecule has 14 heteroatoms. The average Bonchev–Trinajstić information content (AvgIpc) is 3.26. The van der Waals surface area contributed by atoms with Crippen LogP contribution in [0, 0.1) is 0 Å². The Morgan fingerprint density at radius 1 is 1.08 bits per heavy atom. The summed E-state index contributed by atoms with van der Waals surface area (Å²) in [6.07, 6.45) is 1.29. The van der Waals surface area contributed by atoms with Crippen LogP contribution in [0.5, 0.6) is 5.75 Å². The Morgan fingerprint density at radius 2 is 1.78 bits per heavy atom. The van der Waals surface area contributed by atoms with E-state index in [0.717, 1.165) is 12.5 Å². The van der Waals surface area contributed by atoms with Gasteiger partial charge in [-0.15, -0.1) is 0 Å². The molecule has 1 aromatic heterocycles. The van der Waals surface area contributed by atoms with Crippen molar-refractivity contribution in [1.29, 1.82) is 0 Å². The van der Waals surface area contributed by atoms with E-state index in [4.69, 9.17) is 9.26 Å². The van der Waals surface area contributed by atoms with Gasteiger partial charge in [0.05, 0.1) is 43.1 Å². The van der Waals surface area contributed by atoms with Crippen LogP contribution in [0.4, 0.5) is 20.2 Å². The molecule has 0 radical (unpaired) electrons. The molecule has 10 nitrogen and oxygen atoms in total. The molecule has 1 aliphatic heterocycles. The zero-order valence-electron chi connectivity index (χ0n) is 19.7. The SMILES string of the molecule is COc1ccccc1-c1noc(-c2ccc(N3CCCC(F)(F)C3)c(N(S(C)(=O)=O)S(C)(=O)=O)c2)n1. The van der Waals surface area contributed by atoms with E-state index in [2.05, 4.69) is 10.1 Å². The molecule has 1 saturated heterocycles. The molecule has 1 aliphatic rings. The van der Waals surface area contributed by atoms with E-state index < -0.39 is 32.5 Å². The molecule has 0 amide bonds. The van der Waals surface area contributed by atoms with Crippen molar-refractivity contribution in [2.75, 3.05) is 41.3 Å². The monoisotopic (exact) mass is 542 g/mol. The lowest BCUT2D eigenvalue weighted by atomic mass is 10.1. The molecule has 2 aromatic carbocycles. The molecule has 4 rings (SSSR count). The predicted octanol–water partition coefficient (Wildman–Crippen LogP) is 3.37. The van der Waals surface area contributed by atoms with Crippen LogP contribution < -0.4 is 13.3 Å². The lowest BCUT2D eigenvalue weighted by Gasteiger charge is -2.36. The molecular formula is C22H24F2N4O6S2. The van der Waals surface area contributed by atoms with Gasteiger partial charge in [-0.1, -0.05) is 17.3 Å². The number of sulfonamides is 2. The number of methoxy groups -OCH3 is 1. The van der Waals surface area contributed by atoms with E-state index in [1.54, 1.807) is 24.3 Å². The molecule has 0 aliphatic carbocycles. The number of hydrogen-bond donors (Lipinski definition) is 0. The fourth-order valence-corrected chi connectivity index (χ4v) is 7.10. The number of nitrogens with zero attached hydrogens (tertiary/aromatic N) is 4. The second-order valence-electron chi connectivity index (χ2n) is 8.43. The van der Waals surface area contributed by atoms with E-state index in [-0.39, 0.29) is 51.8 Å². The van der Waals surface area contributed by atoms with E-state index in [0.29, 0.717) is 11.3 Å². The Morgan fingerprint density at radius 3 is 2.42 bits per heavy atom. The third kappa shape index (κ3) is 5.28. The molecule has 1 fully saturated rings. The molecule has 2 heterocycles. The quantitative estimate of drug-likeness (QED) is 0.442. The van der Waals surface area contributed by atoms with Gasteiger partial charge in [0.1, 0.15) is 5.75 Å². The summed E-state index contributed by atoms with van der Waals surface area (Å²) in [5.74, 6) is -2.36. The summed E-state index contributed by atoms with van der Waals surface area (Å²) in [4.78, 5) is 5.62. The van der Waals surface area contributed by atoms with Crippen molar-refractivity contribution in [3.05, 3.63) is 42.5 Å². The number of alkyl halides is 2. The predicted molar refractivity (Wildman–Crippen MR) is 130 cm³/mol. The highest BCUT2D eigenvalue weighted by molar-refractivity contribution is 8.09. The number of anilines is 2. The lowest BCUT2D eigenvalue weighted by molar-refractivity contribution is -0.0116. The van der Waals surface area contributed by atoms with Gasteiger partial charge in [-0.3, -0.25) is 0 Å². The minimum absolute atomic E-state index is 0.0263. The van der Waals surface area contributed by atoms with Gasteiger partial charge in [0, 0.05) is 18.5 Å². The van der Waals surface area contributed by atoms with E-state index in [1.807, 2.05) is 0 Å². The Hall–Kier alpha value is -3.26. The first kappa shape index (κ1) is 25.8. The number of halogens is 2. The topological polar surface area (TPSA) is 123 Å². The smallest absolute Gasteiger partial charge is 0.265 e. The third-order valence-corrected chi connectivity index (χ3v) is 8.75. The first-order valence-electron chi connectivity index (χ1n) is 10.7. The maximum atomic E-state index is 14.2. The summed E-state index contributed by atoms with van der Waals surface area (Å²) >= 11 is 0. The van der Waals surface area contributed by atoms with Crippen LogP contribution in [0.15, 0.2) is 47.0 Å². The van der Waals surface area contributed by atoms with Crippen LogP contribution in [0.3, 0.4) is 0 Å². The molecule has 0 unspecified atom stereocenters. The van der Waals surface area contributed by atoms with Gasteiger partial charge in [0.2, 0.25) is 25.9 Å². The molecule has 0 atom stereocenters. The van der Waals surface area contributed by atoms with E-state index >= 15 is 0 Å². The first-order chi connectivity index (χ1) is 16.8. The Bertz CT molecular complexity index is 1460. The number of benzene rings is 2. The second kappa shape index (κ2) is 9.32. The molecule has 0 bridgehead atoms. The van der Waals surface area contributed by atoms with Crippen LogP contribution in [0.25, 0.3) is 22.8 Å². The van der Waals surface area contributed by atoms with Crippen LogP contribution >= 0.6 is 0 Å². The van der Waals surface area contributed by atoms with Crippen molar-refractivity contribution in [3.8, 4) is 28.6 Å². The number of hydrogen-bond acceptors (Lipinski definition) is 9. The van der Waals surface area contributed by atoms with Gasteiger partial charge in [0.25, 0.3) is 11.8 Å². The Balaban J connectivity index is 1.86. The van der Waals surface area contributed by atoms with Crippen molar-refractivity contribution in [1.82, 2.24) is 10.1 Å². The molecule has 0 saturated carbocycles. The molecule has 3 aromatic rings. The number of aromatic nitrogens is 2. The highest BCUT2D eigenvalue weighted by atomic mass is 32.3. The molecule has 0 spiro atoms. The third-order valence-electron chi connectivity index (χ3n) is 5.53.